The Morgan fingerprint density at radius 2 is 1.55 bits per heavy atom. The number of hydrogen-bond donors (Lipinski definition) is 1. The van der Waals surface area contributed by atoms with Gasteiger partial charge in [0.1, 0.15) is 23.5 Å². The van der Waals surface area contributed by atoms with Gasteiger partial charge in [-0.05, 0) is 41.5 Å². The van der Waals surface area contributed by atoms with Gasteiger partial charge in [0.2, 0.25) is 0 Å². The maximum atomic E-state index is 13.7. The Kier molecular flexibility index (Phi) is 6.06. The van der Waals surface area contributed by atoms with Crippen LogP contribution in [-0.4, -0.2) is 26.4 Å². The molecule has 1 unspecified atom stereocenters. The van der Waals surface area contributed by atoms with E-state index in [9.17, 15) is 22.7 Å². The monoisotopic (exact) mass is 455 g/mol. The van der Waals surface area contributed by atoms with Gasteiger partial charge in [-0.3, -0.25) is 4.98 Å². The van der Waals surface area contributed by atoms with Gasteiger partial charge in [0, 0.05) is 36.1 Å². The van der Waals surface area contributed by atoms with E-state index < -0.39 is 17.8 Å². The number of alkyl halides is 3. The molecule has 9 heteroatoms. The van der Waals surface area contributed by atoms with E-state index in [4.69, 9.17) is 0 Å². The van der Waals surface area contributed by atoms with Gasteiger partial charge in [0.05, 0.1) is 5.69 Å². The number of aromatic nitrogens is 3. The highest BCUT2D eigenvalue weighted by molar-refractivity contribution is 5.63. The smallest absolute Gasteiger partial charge is 0.406 e. The Morgan fingerprint density at radius 1 is 0.848 bits per heavy atom. The van der Waals surface area contributed by atoms with Gasteiger partial charge >= 0.3 is 6.36 Å². The minimum Gasteiger partial charge on any atom is -0.406 e. The summed E-state index contributed by atoms with van der Waals surface area (Å²) in [6.45, 7) is 0. The fourth-order valence-electron chi connectivity index (χ4n) is 3.45. The first-order valence-electron chi connectivity index (χ1n) is 9.78. The lowest BCUT2D eigenvalue weighted by Gasteiger charge is -2.28. The van der Waals surface area contributed by atoms with Gasteiger partial charge in [0.25, 0.3) is 0 Å². The molecular formula is C24H17F4N3O2. The lowest BCUT2D eigenvalue weighted by atomic mass is 9.85. The molecule has 0 amide bonds. The van der Waals surface area contributed by atoms with E-state index >= 15 is 0 Å². The van der Waals surface area contributed by atoms with E-state index in [1.54, 1.807) is 24.3 Å². The summed E-state index contributed by atoms with van der Waals surface area (Å²) in [5, 5.41) is 11.6. The zero-order valence-corrected chi connectivity index (χ0v) is 17.0. The summed E-state index contributed by atoms with van der Waals surface area (Å²) in [5.41, 5.74) is 0.797. The Hall–Kier alpha value is -3.85. The molecule has 0 aliphatic rings. The Bertz CT molecular complexity index is 1220. The van der Waals surface area contributed by atoms with Crippen LogP contribution in [0.2, 0.25) is 0 Å². The number of hydrogen-bond acceptors (Lipinski definition) is 5. The zero-order chi connectivity index (χ0) is 23.5. The molecule has 0 fully saturated rings. The van der Waals surface area contributed by atoms with E-state index in [0.717, 1.165) is 0 Å². The van der Waals surface area contributed by atoms with Gasteiger partial charge in [-0.1, -0.05) is 30.3 Å². The SMILES string of the molecule is OC(Cc1cccc(F)c1)(c1cncnc1)c1ccc(-c2ccc(OC(F)(F)F)cc2)cn1. The summed E-state index contributed by atoms with van der Waals surface area (Å²) in [6, 6.07) is 14.5. The minimum absolute atomic E-state index is 0.0218. The summed E-state index contributed by atoms with van der Waals surface area (Å²) in [5.74, 6) is -0.759. The standard InChI is InChI=1S/C24H17F4N3O2/c25-20-3-1-2-16(10-20)11-23(32,19-13-29-15-30-14-19)22-9-6-18(12-31-22)17-4-7-21(8-5-17)33-24(26,27)28/h1-10,12-15,32H,11H2. The van der Waals surface area contributed by atoms with Crippen molar-refractivity contribution in [3.8, 4) is 16.9 Å². The molecule has 33 heavy (non-hydrogen) atoms. The molecule has 0 radical (unpaired) electrons. The van der Waals surface area contributed by atoms with E-state index in [-0.39, 0.29) is 17.9 Å². The largest absolute Gasteiger partial charge is 0.573 e. The van der Waals surface area contributed by atoms with Crippen LogP contribution in [0.5, 0.6) is 5.75 Å². The molecule has 0 spiro atoms. The van der Waals surface area contributed by atoms with Crippen LogP contribution in [0, 0.1) is 5.82 Å². The van der Waals surface area contributed by atoms with Crippen LogP contribution in [0.15, 0.2) is 85.6 Å². The van der Waals surface area contributed by atoms with Crippen LogP contribution in [0.3, 0.4) is 0 Å². The molecule has 1 atom stereocenters. The Morgan fingerprint density at radius 3 is 2.15 bits per heavy atom. The number of ether oxygens (including phenoxy) is 1. The van der Waals surface area contributed by atoms with Gasteiger partial charge in [-0.15, -0.1) is 13.2 Å². The molecule has 4 aromatic rings. The van der Waals surface area contributed by atoms with Crippen LogP contribution in [0.25, 0.3) is 11.1 Å². The molecule has 2 aromatic heterocycles. The summed E-state index contributed by atoms with van der Waals surface area (Å²) >= 11 is 0. The third-order valence-electron chi connectivity index (χ3n) is 5.00. The molecular weight excluding hydrogens is 438 g/mol. The molecule has 2 aromatic carbocycles. The maximum Gasteiger partial charge on any atom is 0.573 e. The fourth-order valence-corrected chi connectivity index (χ4v) is 3.45. The Labute approximate surface area is 186 Å². The summed E-state index contributed by atoms with van der Waals surface area (Å²) in [7, 11) is 0. The Balaban J connectivity index is 1.65. The van der Waals surface area contributed by atoms with Crippen LogP contribution >= 0.6 is 0 Å². The zero-order valence-electron chi connectivity index (χ0n) is 17.0. The van der Waals surface area contributed by atoms with Crippen molar-refractivity contribution < 1.29 is 27.4 Å². The second kappa shape index (κ2) is 8.95. The summed E-state index contributed by atoms with van der Waals surface area (Å²) in [6.07, 6.45) is 0.999. The molecule has 0 bridgehead atoms. The first-order chi connectivity index (χ1) is 15.7. The molecule has 0 aliphatic carbocycles. The fraction of sp³-hybridized carbons (Fsp3) is 0.125. The molecule has 2 heterocycles. The number of rotatable bonds is 6. The third-order valence-corrected chi connectivity index (χ3v) is 5.00. The maximum absolute atomic E-state index is 13.7. The van der Waals surface area contributed by atoms with Gasteiger partial charge in [0.15, 0.2) is 0 Å². The van der Waals surface area contributed by atoms with Crippen molar-refractivity contribution in [1.29, 1.82) is 0 Å². The molecule has 0 saturated heterocycles. The van der Waals surface area contributed by atoms with Crippen molar-refractivity contribution in [1.82, 2.24) is 15.0 Å². The molecule has 1 N–H and O–H groups in total. The van der Waals surface area contributed by atoms with Crippen LogP contribution in [-0.2, 0) is 12.0 Å². The highest BCUT2D eigenvalue weighted by atomic mass is 19.4. The minimum atomic E-state index is -4.77. The molecule has 4 rings (SSSR count). The van der Waals surface area contributed by atoms with Gasteiger partial charge in [-0.2, -0.15) is 0 Å². The summed E-state index contributed by atoms with van der Waals surface area (Å²) < 4.78 is 54.7. The van der Waals surface area contributed by atoms with Crippen LogP contribution in [0.4, 0.5) is 17.6 Å². The van der Waals surface area contributed by atoms with Crippen LogP contribution in [0.1, 0.15) is 16.8 Å². The second-order valence-electron chi connectivity index (χ2n) is 7.30. The van der Waals surface area contributed by atoms with Gasteiger partial charge < -0.3 is 9.84 Å². The van der Waals surface area contributed by atoms with E-state index in [0.29, 0.717) is 22.3 Å². The highest BCUT2D eigenvalue weighted by Gasteiger charge is 2.34. The molecule has 0 aliphatic heterocycles. The van der Waals surface area contributed by atoms with Crippen LogP contribution < -0.4 is 4.74 Å². The normalized spacial score (nSPS) is 13.4. The van der Waals surface area contributed by atoms with Crippen molar-refractivity contribution in [2.45, 2.75) is 18.4 Å². The summed E-state index contributed by atoms with van der Waals surface area (Å²) in [4.78, 5) is 12.3. The third kappa shape index (κ3) is 5.32. The number of halogens is 4. The van der Waals surface area contributed by atoms with Crippen molar-refractivity contribution in [2.24, 2.45) is 0 Å². The predicted octanol–water partition coefficient (Wildman–Crippen LogP) is 5.05. The molecule has 5 nitrogen and oxygen atoms in total. The first kappa shape index (κ1) is 22.3. The highest BCUT2D eigenvalue weighted by Crippen LogP contribution is 2.33. The first-order valence-corrected chi connectivity index (χ1v) is 9.78. The van der Waals surface area contributed by atoms with E-state index in [2.05, 4.69) is 19.7 Å². The van der Waals surface area contributed by atoms with Gasteiger partial charge in [-0.25, -0.2) is 14.4 Å². The lowest BCUT2D eigenvalue weighted by molar-refractivity contribution is -0.274. The number of benzene rings is 2. The predicted molar refractivity (Wildman–Crippen MR) is 111 cm³/mol. The number of aliphatic hydroxyl groups is 1. The lowest BCUT2D eigenvalue weighted by Crippen LogP contribution is -2.31. The number of nitrogens with zero attached hydrogens (tertiary/aromatic N) is 3. The van der Waals surface area contributed by atoms with Crippen molar-refractivity contribution in [3.63, 3.8) is 0 Å². The average molecular weight is 455 g/mol. The molecule has 0 saturated carbocycles. The second-order valence-corrected chi connectivity index (χ2v) is 7.30. The van der Waals surface area contributed by atoms with Crippen molar-refractivity contribution >= 4 is 0 Å². The van der Waals surface area contributed by atoms with E-state index in [1.165, 1.54) is 61.3 Å². The molecule has 168 valence electrons. The topological polar surface area (TPSA) is 68.1 Å². The average Bonchev–Trinajstić information content (AvgIpc) is 2.79. The van der Waals surface area contributed by atoms with Crippen molar-refractivity contribution in [3.05, 3.63) is 108 Å². The number of pyridine rings is 1. The van der Waals surface area contributed by atoms with Crippen molar-refractivity contribution in [2.75, 3.05) is 0 Å². The van der Waals surface area contributed by atoms with E-state index in [1.807, 2.05) is 0 Å². The quantitative estimate of drug-likeness (QED) is 0.412.